The Hall–Kier alpha value is -2.87. The fourth-order valence-corrected chi connectivity index (χ4v) is 2.81. The number of anilines is 2. The van der Waals surface area contributed by atoms with Gasteiger partial charge >= 0.3 is 12.1 Å². The molecule has 26 heavy (non-hydrogen) atoms. The maximum atomic E-state index is 14.0. The minimum absolute atomic E-state index is 0.0567. The van der Waals surface area contributed by atoms with Gasteiger partial charge in [0.25, 0.3) is 0 Å². The van der Waals surface area contributed by atoms with Crippen molar-refractivity contribution in [3.05, 3.63) is 52.6 Å². The Morgan fingerprint density at radius 2 is 2.19 bits per heavy atom. The lowest BCUT2D eigenvalue weighted by molar-refractivity contribution is 0.0691. The normalized spacial score (nSPS) is 14.9. The lowest BCUT2D eigenvalue weighted by Gasteiger charge is -2.20. The van der Waals surface area contributed by atoms with Crippen molar-refractivity contribution in [2.24, 2.45) is 0 Å². The Kier molecular flexibility index (Phi) is 4.94. The number of benzene rings is 1. The van der Waals surface area contributed by atoms with Crippen LogP contribution in [0.4, 0.5) is 20.6 Å². The van der Waals surface area contributed by atoms with Gasteiger partial charge in [-0.25, -0.2) is 19.0 Å². The van der Waals surface area contributed by atoms with E-state index in [0.717, 1.165) is 0 Å². The van der Waals surface area contributed by atoms with Crippen LogP contribution in [0.2, 0.25) is 5.15 Å². The van der Waals surface area contributed by atoms with Crippen LogP contribution in [0.25, 0.3) is 0 Å². The number of carboxylic acids is 1. The van der Waals surface area contributed by atoms with E-state index in [2.05, 4.69) is 10.3 Å². The van der Waals surface area contributed by atoms with Gasteiger partial charge in [0.05, 0.1) is 17.9 Å². The minimum atomic E-state index is -1.23. The second-order valence-corrected chi connectivity index (χ2v) is 6.10. The summed E-state index contributed by atoms with van der Waals surface area (Å²) in [5, 5.41) is 12.3. The Labute approximate surface area is 153 Å². The second-order valence-electron chi connectivity index (χ2n) is 5.71. The lowest BCUT2D eigenvalue weighted by Crippen LogP contribution is -2.24. The number of nitrogens with one attached hydrogen (secondary N) is 1. The van der Waals surface area contributed by atoms with Crippen LogP contribution in [0.15, 0.2) is 30.3 Å². The number of hydrogen-bond donors (Lipinski definition) is 2. The molecule has 1 aromatic heterocycles. The van der Waals surface area contributed by atoms with Crippen LogP contribution < -0.4 is 10.2 Å². The molecular weight excluding hydrogens is 365 g/mol. The van der Waals surface area contributed by atoms with E-state index >= 15 is 0 Å². The van der Waals surface area contributed by atoms with Crippen molar-refractivity contribution < 1.29 is 23.8 Å². The van der Waals surface area contributed by atoms with Crippen LogP contribution in [-0.2, 0) is 4.74 Å². The van der Waals surface area contributed by atoms with Gasteiger partial charge in [-0.15, -0.1) is 0 Å². The Balaban J connectivity index is 1.89. The minimum Gasteiger partial charge on any atom is -0.476 e. The third-order valence-electron chi connectivity index (χ3n) is 3.91. The first-order valence-electron chi connectivity index (χ1n) is 7.76. The molecule has 9 heteroatoms. The number of pyridine rings is 1. The molecule has 1 aromatic carbocycles. The summed E-state index contributed by atoms with van der Waals surface area (Å²) in [6, 6.07) is 6.70. The summed E-state index contributed by atoms with van der Waals surface area (Å²) in [5.41, 5.74) is 0.930. The van der Waals surface area contributed by atoms with E-state index in [0.29, 0.717) is 17.8 Å². The average molecular weight is 380 g/mol. The number of hydrogen-bond acceptors (Lipinski definition) is 5. The fraction of sp³-hybridized carbons (Fsp3) is 0.235. The third-order valence-corrected chi connectivity index (χ3v) is 4.12. The molecule has 0 aliphatic carbocycles. The number of aromatic carboxylic acids is 1. The zero-order valence-electron chi connectivity index (χ0n) is 13.7. The molecule has 0 radical (unpaired) electrons. The summed E-state index contributed by atoms with van der Waals surface area (Å²) >= 11 is 5.74. The molecule has 1 atom stereocenters. The second kappa shape index (κ2) is 7.17. The Morgan fingerprint density at radius 3 is 2.85 bits per heavy atom. The molecular formula is C17H15ClFN3O4. The summed E-state index contributed by atoms with van der Waals surface area (Å²) in [5.74, 6) is -1.75. The summed E-state index contributed by atoms with van der Waals surface area (Å²) in [4.78, 5) is 28.1. The zero-order chi connectivity index (χ0) is 18.8. The topological polar surface area (TPSA) is 91.8 Å². The highest BCUT2D eigenvalue weighted by Gasteiger charge is 2.25. The van der Waals surface area contributed by atoms with Gasteiger partial charge in [0.2, 0.25) is 0 Å². The van der Waals surface area contributed by atoms with Gasteiger partial charge in [-0.05, 0) is 42.8 Å². The average Bonchev–Trinajstić information content (AvgIpc) is 3.01. The van der Waals surface area contributed by atoms with E-state index in [4.69, 9.17) is 16.3 Å². The smallest absolute Gasteiger partial charge is 0.414 e. The number of carbonyl (C=O) groups excluding carboxylic acids is 1. The van der Waals surface area contributed by atoms with Crippen LogP contribution in [0.3, 0.4) is 0 Å². The molecule has 3 rings (SSSR count). The highest BCUT2D eigenvalue weighted by molar-refractivity contribution is 6.29. The van der Waals surface area contributed by atoms with Crippen LogP contribution >= 0.6 is 11.6 Å². The van der Waals surface area contributed by atoms with Gasteiger partial charge in [0, 0.05) is 6.04 Å². The van der Waals surface area contributed by atoms with E-state index in [1.165, 1.54) is 29.2 Å². The molecule has 2 heterocycles. The van der Waals surface area contributed by atoms with Gasteiger partial charge in [-0.1, -0.05) is 11.6 Å². The van der Waals surface area contributed by atoms with Gasteiger partial charge in [-0.2, -0.15) is 0 Å². The molecule has 0 spiro atoms. The van der Waals surface area contributed by atoms with E-state index in [9.17, 15) is 19.1 Å². The van der Waals surface area contributed by atoms with E-state index in [1.807, 2.05) is 0 Å². The highest BCUT2D eigenvalue weighted by atomic mass is 35.5. The molecule has 1 amide bonds. The number of carboxylic acid groups (broad SMARTS) is 1. The van der Waals surface area contributed by atoms with Crippen molar-refractivity contribution in [1.82, 2.24) is 4.98 Å². The number of amides is 1. The highest BCUT2D eigenvalue weighted by Crippen LogP contribution is 2.28. The van der Waals surface area contributed by atoms with Gasteiger partial charge in [0.15, 0.2) is 5.69 Å². The van der Waals surface area contributed by atoms with Gasteiger partial charge in [0.1, 0.15) is 17.6 Å². The van der Waals surface area contributed by atoms with Crippen molar-refractivity contribution in [2.75, 3.05) is 23.4 Å². The largest absolute Gasteiger partial charge is 0.476 e. The van der Waals surface area contributed by atoms with Crippen molar-refractivity contribution in [3.63, 3.8) is 0 Å². The summed E-state index contributed by atoms with van der Waals surface area (Å²) in [6.07, 6.45) is -0.530. The van der Waals surface area contributed by atoms with Crippen molar-refractivity contribution in [2.45, 2.75) is 13.0 Å². The van der Waals surface area contributed by atoms with Crippen molar-refractivity contribution >= 4 is 35.0 Å². The van der Waals surface area contributed by atoms with Crippen molar-refractivity contribution in [1.29, 1.82) is 0 Å². The monoisotopic (exact) mass is 379 g/mol. The Bertz CT molecular complexity index is 877. The molecule has 0 saturated carbocycles. The number of aromatic nitrogens is 1. The molecule has 136 valence electrons. The van der Waals surface area contributed by atoms with Gasteiger partial charge in [-0.3, -0.25) is 4.90 Å². The van der Waals surface area contributed by atoms with Crippen LogP contribution in [0.5, 0.6) is 0 Å². The molecule has 1 aliphatic heterocycles. The lowest BCUT2D eigenvalue weighted by atomic mass is 10.1. The SMILES string of the molecule is CC(Nc1ccc(Cl)nc1C(=O)O)c1cc(F)cc(N2CCOC2=O)c1. The molecule has 2 aromatic rings. The molecule has 1 fully saturated rings. The summed E-state index contributed by atoms with van der Waals surface area (Å²) in [6.45, 7) is 2.33. The number of rotatable bonds is 5. The third kappa shape index (κ3) is 3.70. The van der Waals surface area contributed by atoms with Crippen molar-refractivity contribution in [3.8, 4) is 0 Å². The zero-order valence-corrected chi connectivity index (χ0v) is 14.5. The molecule has 1 aliphatic rings. The first-order chi connectivity index (χ1) is 12.3. The van der Waals surface area contributed by atoms with Crippen LogP contribution in [0.1, 0.15) is 29.0 Å². The Morgan fingerprint density at radius 1 is 1.42 bits per heavy atom. The summed E-state index contributed by atoms with van der Waals surface area (Å²) < 4.78 is 18.9. The standard InChI is InChI=1S/C17H15ClFN3O4/c1-9(20-13-2-3-14(18)21-15(13)16(23)24)10-6-11(19)8-12(7-10)22-4-5-26-17(22)25/h2-3,6-9,20H,4-5H2,1H3,(H,23,24). The molecule has 7 nitrogen and oxygen atoms in total. The molecule has 0 bridgehead atoms. The molecule has 2 N–H and O–H groups in total. The van der Waals surface area contributed by atoms with E-state index < -0.39 is 23.9 Å². The van der Waals surface area contributed by atoms with E-state index in [1.54, 1.807) is 13.0 Å². The number of cyclic esters (lactones) is 1. The maximum absolute atomic E-state index is 14.0. The number of carbonyl (C=O) groups is 2. The molecule has 1 saturated heterocycles. The maximum Gasteiger partial charge on any atom is 0.414 e. The first kappa shape index (κ1) is 17.9. The predicted molar refractivity (Wildman–Crippen MR) is 93.3 cm³/mol. The van der Waals surface area contributed by atoms with Crippen LogP contribution in [0, 0.1) is 5.82 Å². The van der Waals surface area contributed by atoms with E-state index in [-0.39, 0.29) is 23.1 Å². The predicted octanol–water partition coefficient (Wildman–Crippen LogP) is 3.70. The first-order valence-corrected chi connectivity index (χ1v) is 8.14. The van der Waals surface area contributed by atoms with Gasteiger partial charge < -0.3 is 15.2 Å². The fourth-order valence-electron chi connectivity index (χ4n) is 2.66. The number of halogens is 2. The van der Waals surface area contributed by atoms with Crippen LogP contribution in [-0.4, -0.2) is 35.3 Å². The summed E-state index contributed by atoms with van der Waals surface area (Å²) in [7, 11) is 0. The quantitative estimate of drug-likeness (QED) is 0.769. The number of nitrogens with zero attached hydrogens (tertiary/aromatic N) is 2. The molecule has 1 unspecified atom stereocenters. The number of ether oxygens (including phenoxy) is 1.